The zero-order valence-electron chi connectivity index (χ0n) is 8.52. The van der Waals surface area contributed by atoms with E-state index in [9.17, 15) is 4.79 Å². The highest BCUT2D eigenvalue weighted by Gasteiger charge is 2.30. The van der Waals surface area contributed by atoms with E-state index in [1.54, 1.807) is 6.20 Å². The Hall–Kier alpha value is -1.64. The van der Waals surface area contributed by atoms with Gasteiger partial charge in [0.15, 0.2) is 0 Å². The standard InChI is InChI=1S/C12H14N2O/c1-2-12(15)14-11-6-10(7-11)9-4-3-5-13-8-9/h2-5,8,10-11H,1,6-7H2,(H,14,15). The molecule has 3 heteroatoms. The van der Waals surface area contributed by atoms with Crippen LogP contribution < -0.4 is 5.32 Å². The number of pyridine rings is 1. The largest absolute Gasteiger partial charge is 0.350 e. The van der Waals surface area contributed by atoms with Crippen molar-refractivity contribution in [1.29, 1.82) is 0 Å². The highest BCUT2D eigenvalue weighted by molar-refractivity contribution is 5.87. The molecule has 1 aliphatic rings. The minimum absolute atomic E-state index is 0.0790. The molecular formula is C12H14N2O. The Morgan fingerprint density at radius 3 is 3.00 bits per heavy atom. The van der Waals surface area contributed by atoms with Gasteiger partial charge in [0.05, 0.1) is 0 Å². The molecule has 1 aromatic rings. The second kappa shape index (κ2) is 4.26. The fourth-order valence-electron chi connectivity index (χ4n) is 1.89. The van der Waals surface area contributed by atoms with E-state index in [0.717, 1.165) is 12.8 Å². The molecule has 1 amide bonds. The number of aromatic nitrogens is 1. The molecule has 78 valence electrons. The fraction of sp³-hybridized carbons (Fsp3) is 0.333. The molecule has 1 aliphatic carbocycles. The Labute approximate surface area is 89.2 Å². The van der Waals surface area contributed by atoms with Crippen LogP contribution in [0.15, 0.2) is 37.2 Å². The van der Waals surface area contributed by atoms with Crippen LogP contribution in [-0.4, -0.2) is 16.9 Å². The summed E-state index contributed by atoms with van der Waals surface area (Å²) in [7, 11) is 0. The van der Waals surface area contributed by atoms with Crippen molar-refractivity contribution in [3.63, 3.8) is 0 Å². The predicted molar refractivity (Wildman–Crippen MR) is 58.3 cm³/mol. The molecular weight excluding hydrogens is 188 g/mol. The van der Waals surface area contributed by atoms with Crippen LogP contribution in [-0.2, 0) is 4.79 Å². The SMILES string of the molecule is C=CC(=O)NC1CC(c2cccnc2)C1. The van der Waals surface area contributed by atoms with Gasteiger partial charge in [-0.15, -0.1) is 0 Å². The van der Waals surface area contributed by atoms with Gasteiger partial charge in [-0.05, 0) is 36.5 Å². The lowest BCUT2D eigenvalue weighted by molar-refractivity contribution is -0.117. The average molecular weight is 202 g/mol. The summed E-state index contributed by atoms with van der Waals surface area (Å²) in [5.41, 5.74) is 1.27. The van der Waals surface area contributed by atoms with Crippen molar-refractivity contribution >= 4 is 5.91 Å². The molecule has 0 unspecified atom stereocenters. The second-order valence-electron chi connectivity index (χ2n) is 3.86. The quantitative estimate of drug-likeness (QED) is 0.757. The topological polar surface area (TPSA) is 42.0 Å². The van der Waals surface area contributed by atoms with Gasteiger partial charge in [0, 0.05) is 18.4 Å². The molecule has 2 rings (SSSR count). The number of carbonyl (C=O) groups excluding carboxylic acids is 1. The molecule has 0 spiro atoms. The summed E-state index contributed by atoms with van der Waals surface area (Å²) < 4.78 is 0. The van der Waals surface area contributed by atoms with Crippen LogP contribution in [0.5, 0.6) is 0 Å². The molecule has 0 aromatic carbocycles. The number of nitrogens with one attached hydrogen (secondary N) is 1. The van der Waals surface area contributed by atoms with Crippen LogP contribution in [0.25, 0.3) is 0 Å². The molecule has 0 saturated heterocycles. The average Bonchev–Trinajstić information content (AvgIpc) is 2.23. The minimum atomic E-state index is -0.0790. The Kier molecular flexibility index (Phi) is 2.81. The summed E-state index contributed by atoms with van der Waals surface area (Å²) in [5.74, 6) is 0.471. The Bertz CT molecular complexity index is 355. The maximum absolute atomic E-state index is 11.0. The number of hydrogen-bond donors (Lipinski definition) is 1. The highest BCUT2D eigenvalue weighted by Crippen LogP contribution is 2.36. The van der Waals surface area contributed by atoms with Crippen LogP contribution in [0.3, 0.4) is 0 Å². The van der Waals surface area contributed by atoms with Crippen molar-refractivity contribution in [1.82, 2.24) is 10.3 Å². The molecule has 0 radical (unpaired) electrons. The van der Waals surface area contributed by atoms with Gasteiger partial charge in [0.25, 0.3) is 0 Å². The smallest absolute Gasteiger partial charge is 0.243 e. The molecule has 1 saturated carbocycles. The molecule has 0 atom stereocenters. The predicted octanol–water partition coefficient (Wildman–Crippen LogP) is 1.63. The molecule has 1 fully saturated rings. The summed E-state index contributed by atoms with van der Waals surface area (Å²) in [5, 5.41) is 2.89. The van der Waals surface area contributed by atoms with Crippen LogP contribution >= 0.6 is 0 Å². The van der Waals surface area contributed by atoms with Gasteiger partial charge in [-0.3, -0.25) is 9.78 Å². The zero-order chi connectivity index (χ0) is 10.7. The minimum Gasteiger partial charge on any atom is -0.350 e. The van der Waals surface area contributed by atoms with E-state index in [2.05, 4.69) is 22.9 Å². The van der Waals surface area contributed by atoms with Crippen LogP contribution in [0, 0.1) is 0 Å². The van der Waals surface area contributed by atoms with Crippen molar-refractivity contribution in [2.24, 2.45) is 0 Å². The lowest BCUT2D eigenvalue weighted by Gasteiger charge is -2.35. The molecule has 3 nitrogen and oxygen atoms in total. The lowest BCUT2D eigenvalue weighted by atomic mass is 9.76. The zero-order valence-corrected chi connectivity index (χ0v) is 8.52. The van der Waals surface area contributed by atoms with Gasteiger partial charge in [-0.1, -0.05) is 12.6 Å². The van der Waals surface area contributed by atoms with E-state index in [-0.39, 0.29) is 5.91 Å². The molecule has 1 N–H and O–H groups in total. The maximum atomic E-state index is 11.0. The molecule has 0 bridgehead atoms. The van der Waals surface area contributed by atoms with Gasteiger partial charge >= 0.3 is 0 Å². The number of nitrogens with zero attached hydrogens (tertiary/aromatic N) is 1. The second-order valence-corrected chi connectivity index (χ2v) is 3.86. The normalized spacial score (nSPS) is 24.0. The first-order valence-electron chi connectivity index (χ1n) is 5.12. The first kappa shape index (κ1) is 9.90. The van der Waals surface area contributed by atoms with Crippen molar-refractivity contribution in [3.05, 3.63) is 42.7 Å². The summed E-state index contributed by atoms with van der Waals surface area (Å²) >= 11 is 0. The third-order valence-corrected chi connectivity index (χ3v) is 2.83. The fourth-order valence-corrected chi connectivity index (χ4v) is 1.89. The lowest BCUT2D eigenvalue weighted by Crippen LogP contribution is -2.42. The van der Waals surface area contributed by atoms with Crippen LogP contribution in [0.4, 0.5) is 0 Å². The van der Waals surface area contributed by atoms with Crippen molar-refractivity contribution in [2.75, 3.05) is 0 Å². The molecule has 0 aliphatic heterocycles. The number of amides is 1. The molecule has 1 aromatic heterocycles. The Morgan fingerprint density at radius 1 is 1.60 bits per heavy atom. The monoisotopic (exact) mass is 202 g/mol. The van der Waals surface area contributed by atoms with Gasteiger partial charge in [-0.25, -0.2) is 0 Å². The van der Waals surface area contributed by atoms with Crippen molar-refractivity contribution in [3.8, 4) is 0 Å². The van der Waals surface area contributed by atoms with Crippen LogP contribution in [0.1, 0.15) is 24.3 Å². The summed E-state index contributed by atoms with van der Waals surface area (Å²) in [6.07, 6.45) is 7.00. The van der Waals surface area contributed by atoms with E-state index in [1.807, 2.05) is 12.3 Å². The summed E-state index contributed by atoms with van der Waals surface area (Å²) in [4.78, 5) is 15.1. The van der Waals surface area contributed by atoms with E-state index >= 15 is 0 Å². The first-order chi connectivity index (χ1) is 7.29. The van der Waals surface area contributed by atoms with Crippen molar-refractivity contribution < 1.29 is 4.79 Å². The van der Waals surface area contributed by atoms with Crippen molar-refractivity contribution in [2.45, 2.75) is 24.8 Å². The van der Waals surface area contributed by atoms with Crippen LogP contribution in [0.2, 0.25) is 0 Å². The third-order valence-electron chi connectivity index (χ3n) is 2.83. The van der Waals surface area contributed by atoms with E-state index in [1.165, 1.54) is 11.6 Å². The first-order valence-corrected chi connectivity index (χ1v) is 5.12. The summed E-state index contributed by atoms with van der Waals surface area (Å²) in [6, 6.07) is 4.34. The summed E-state index contributed by atoms with van der Waals surface area (Å²) in [6.45, 7) is 3.43. The van der Waals surface area contributed by atoms with E-state index < -0.39 is 0 Å². The maximum Gasteiger partial charge on any atom is 0.243 e. The molecule has 15 heavy (non-hydrogen) atoms. The number of rotatable bonds is 3. The highest BCUT2D eigenvalue weighted by atomic mass is 16.1. The van der Waals surface area contributed by atoms with Gasteiger partial charge in [0.1, 0.15) is 0 Å². The number of carbonyl (C=O) groups is 1. The van der Waals surface area contributed by atoms with E-state index in [0.29, 0.717) is 12.0 Å². The Balaban J connectivity index is 1.84. The van der Waals surface area contributed by atoms with E-state index in [4.69, 9.17) is 0 Å². The number of hydrogen-bond acceptors (Lipinski definition) is 2. The van der Waals surface area contributed by atoms with Gasteiger partial charge in [-0.2, -0.15) is 0 Å². The Morgan fingerprint density at radius 2 is 2.40 bits per heavy atom. The van der Waals surface area contributed by atoms with Gasteiger partial charge < -0.3 is 5.32 Å². The van der Waals surface area contributed by atoms with Gasteiger partial charge in [0.2, 0.25) is 5.91 Å². The third kappa shape index (κ3) is 2.24. The molecule has 1 heterocycles.